The van der Waals surface area contributed by atoms with Crippen molar-refractivity contribution in [2.24, 2.45) is 0 Å². The van der Waals surface area contributed by atoms with Gasteiger partial charge in [-0.25, -0.2) is 8.42 Å². The van der Waals surface area contributed by atoms with E-state index < -0.39 is 9.84 Å². The molecule has 7 heteroatoms. The number of sulfone groups is 1. The normalized spacial score (nSPS) is 20.7. The van der Waals surface area contributed by atoms with Crippen LogP contribution in [0.4, 0.5) is 0 Å². The van der Waals surface area contributed by atoms with Crippen LogP contribution in [0.15, 0.2) is 30.5 Å². The highest BCUT2D eigenvalue weighted by Gasteiger charge is 2.26. The van der Waals surface area contributed by atoms with Crippen molar-refractivity contribution in [2.45, 2.75) is 18.9 Å². The largest absolute Gasteiger partial charge is 0.348 e. The van der Waals surface area contributed by atoms with E-state index >= 15 is 0 Å². The number of carbonyl (C=O) groups excluding carboxylic acids is 1. The van der Waals surface area contributed by atoms with Crippen molar-refractivity contribution in [1.29, 1.82) is 0 Å². The van der Waals surface area contributed by atoms with Gasteiger partial charge < -0.3 is 5.32 Å². The number of carbonyl (C=O) groups is 1. The molecule has 1 fully saturated rings. The van der Waals surface area contributed by atoms with E-state index in [2.05, 4.69) is 10.3 Å². The maximum absolute atomic E-state index is 12.5. The Labute approximate surface area is 133 Å². The Bertz CT molecular complexity index is 836. The molecule has 2 aromatic rings. The SMILES string of the molecule is O=C(N[C@H]1CCCS(=O)(=O)C1)c1ccc(Cl)c2cccnc12. The summed E-state index contributed by atoms with van der Waals surface area (Å²) in [6.07, 6.45) is 2.84. The minimum absolute atomic E-state index is 0.00229. The predicted octanol–water partition coefficient (Wildman–Crippen LogP) is 2.20. The summed E-state index contributed by atoms with van der Waals surface area (Å²) in [5.74, 6) is -0.120. The molecule has 1 aromatic carbocycles. The number of fused-ring (bicyclic) bond motifs is 1. The molecule has 22 heavy (non-hydrogen) atoms. The van der Waals surface area contributed by atoms with Gasteiger partial charge >= 0.3 is 0 Å². The summed E-state index contributed by atoms with van der Waals surface area (Å²) in [6.45, 7) is 0. The third kappa shape index (κ3) is 3.08. The molecule has 0 aliphatic carbocycles. The van der Waals surface area contributed by atoms with Gasteiger partial charge in [-0.15, -0.1) is 0 Å². The van der Waals surface area contributed by atoms with E-state index in [1.54, 1.807) is 30.5 Å². The summed E-state index contributed by atoms with van der Waals surface area (Å²) < 4.78 is 23.3. The molecule has 0 radical (unpaired) electrons. The van der Waals surface area contributed by atoms with E-state index in [9.17, 15) is 13.2 Å². The molecule has 3 rings (SSSR count). The first kappa shape index (κ1) is 15.2. The molecule has 1 atom stereocenters. The Kier molecular flexibility index (Phi) is 4.06. The van der Waals surface area contributed by atoms with E-state index in [0.29, 0.717) is 34.3 Å². The average Bonchev–Trinajstić information content (AvgIpc) is 2.46. The maximum Gasteiger partial charge on any atom is 0.253 e. The molecule has 0 saturated carbocycles. The first-order valence-corrected chi connectivity index (χ1v) is 9.21. The number of pyridine rings is 1. The van der Waals surface area contributed by atoms with E-state index in [1.165, 1.54) is 0 Å². The zero-order valence-corrected chi connectivity index (χ0v) is 13.3. The molecular formula is C15H15ClN2O3S. The first-order chi connectivity index (χ1) is 10.5. The number of benzene rings is 1. The summed E-state index contributed by atoms with van der Waals surface area (Å²) in [4.78, 5) is 16.7. The van der Waals surface area contributed by atoms with Crippen LogP contribution >= 0.6 is 11.6 Å². The summed E-state index contributed by atoms with van der Waals surface area (Å²) in [7, 11) is -3.06. The van der Waals surface area contributed by atoms with E-state index in [4.69, 9.17) is 11.6 Å². The molecule has 1 saturated heterocycles. The second kappa shape index (κ2) is 5.85. The van der Waals surface area contributed by atoms with Gasteiger partial charge in [0, 0.05) is 17.6 Å². The monoisotopic (exact) mass is 338 g/mol. The van der Waals surface area contributed by atoms with Gasteiger partial charge in [-0.3, -0.25) is 9.78 Å². The van der Waals surface area contributed by atoms with Crippen LogP contribution in [0.1, 0.15) is 23.2 Å². The standard InChI is InChI=1S/C15H15ClN2O3S/c16-13-6-5-12(14-11(13)4-1-7-17-14)15(19)18-10-3-2-8-22(20,21)9-10/h1,4-7,10H,2-3,8-9H2,(H,18,19)/t10-/m0/s1. The predicted molar refractivity (Wildman–Crippen MR) is 85.9 cm³/mol. The molecule has 1 aliphatic rings. The van der Waals surface area contributed by atoms with Gasteiger partial charge in [-0.2, -0.15) is 0 Å². The molecule has 0 bridgehead atoms. The summed E-state index contributed by atoms with van der Waals surface area (Å²) in [6, 6.07) is 6.47. The summed E-state index contributed by atoms with van der Waals surface area (Å²) in [5.41, 5.74) is 0.925. The Balaban J connectivity index is 1.88. The highest BCUT2D eigenvalue weighted by Crippen LogP contribution is 2.25. The Morgan fingerprint density at radius 1 is 1.32 bits per heavy atom. The minimum atomic E-state index is -3.06. The van der Waals surface area contributed by atoms with Gasteiger partial charge in [-0.1, -0.05) is 11.6 Å². The molecule has 116 valence electrons. The van der Waals surface area contributed by atoms with Crippen molar-refractivity contribution in [3.63, 3.8) is 0 Å². The summed E-state index contributed by atoms with van der Waals surface area (Å²) in [5, 5.41) is 4.03. The van der Waals surface area contributed by atoms with Crippen molar-refractivity contribution < 1.29 is 13.2 Å². The Hall–Kier alpha value is -1.66. The number of nitrogens with one attached hydrogen (secondary N) is 1. The van der Waals surface area contributed by atoms with Crippen LogP contribution in [0.2, 0.25) is 5.02 Å². The smallest absolute Gasteiger partial charge is 0.253 e. The van der Waals surface area contributed by atoms with Crippen molar-refractivity contribution in [2.75, 3.05) is 11.5 Å². The lowest BCUT2D eigenvalue weighted by molar-refractivity contribution is 0.0940. The molecule has 1 amide bonds. The fourth-order valence-electron chi connectivity index (χ4n) is 2.72. The zero-order chi connectivity index (χ0) is 15.7. The number of aromatic nitrogens is 1. The maximum atomic E-state index is 12.5. The zero-order valence-electron chi connectivity index (χ0n) is 11.8. The molecule has 2 heterocycles. The van der Waals surface area contributed by atoms with E-state index in [1.807, 2.05) is 0 Å². The quantitative estimate of drug-likeness (QED) is 0.910. The van der Waals surface area contributed by atoms with Crippen LogP contribution in [0, 0.1) is 0 Å². The lowest BCUT2D eigenvalue weighted by Crippen LogP contribution is -2.43. The molecule has 1 aromatic heterocycles. The Morgan fingerprint density at radius 2 is 2.14 bits per heavy atom. The molecular weight excluding hydrogens is 324 g/mol. The first-order valence-electron chi connectivity index (χ1n) is 7.01. The molecule has 0 unspecified atom stereocenters. The highest BCUT2D eigenvalue weighted by molar-refractivity contribution is 7.91. The third-order valence-corrected chi connectivity index (χ3v) is 5.91. The van der Waals surface area contributed by atoms with Gasteiger partial charge in [0.25, 0.3) is 5.91 Å². The third-order valence-electron chi connectivity index (χ3n) is 3.76. The van der Waals surface area contributed by atoms with Gasteiger partial charge in [0.1, 0.15) is 0 Å². The van der Waals surface area contributed by atoms with Crippen molar-refractivity contribution >= 4 is 38.2 Å². The molecule has 1 aliphatic heterocycles. The Morgan fingerprint density at radius 3 is 2.91 bits per heavy atom. The number of halogens is 1. The number of hydrogen-bond donors (Lipinski definition) is 1. The number of hydrogen-bond acceptors (Lipinski definition) is 4. The molecule has 1 N–H and O–H groups in total. The van der Waals surface area contributed by atoms with Crippen LogP contribution in [0.5, 0.6) is 0 Å². The lowest BCUT2D eigenvalue weighted by atomic mass is 10.1. The van der Waals surface area contributed by atoms with Gasteiger partial charge in [0.05, 0.1) is 27.6 Å². The van der Waals surface area contributed by atoms with Crippen molar-refractivity contribution in [1.82, 2.24) is 10.3 Å². The van der Waals surface area contributed by atoms with E-state index in [0.717, 1.165) is 0 Å². The topological polar surface area (TPSA) is 76.1 Å². The number of nitrogens with zero attached hydrogens (tertiary/aromatic N) is 1. The molecule has 5 nitrogen and oxygen atoms in total. The van der Waals surface area contributed by atoms with Gasteiger partial charge in [0.2, 0.25) is 0 Å². The van der Waals surface area contributed by atoms with Crippen LogP contribution in [-0.2, 0) is 9.84 Å². The summed E-state index contributed by atoms with van der Waals surface area (Å²) >= 11 is 6.11. The second-order valence-electron chi connectivity index (χ2n) is 5.42. The number of rotatable bonds is 2. The minimum Gasteiger partial charge on any atom is -0.348 e. The van der Waals surface area contributed by atoms with Crippen LogP contribution in [-0.4, -0.2) is 36.9 Å². The van der Waals surface area contributed by atoms with Crippen LogP contribution in [0.3, 0.4) is 0 Å². The fraction of sp³-hybridized carbons (Fsp3) is 0.333. The van der Waals surface area contributed by atoms with Gasteiger partial charge in [0.15, 0.2) is 9.84 Å². The van der Waals surface area contributed by atoms with Crippen molar-refractivity contribution in [3.8, 4) is 0 Å². The second-order valence-corrected chi connectivity index (χ2v) is 8.06. The fourth-order valence-corrected chi connectivity index (χ4v) is 4.57. The van der Waals surface area contributed by atoms with Crippen LogP contribution < -0.4 is 5.32 Å². The van der Waals surface area contributed by atoms with E-state index in [-0.39, 0.29) is 23.5 Å². The van der Waals surface area contributed by atoms with Gasteiger partial charge in [-0.05, 0) is 37.1 Å². The van der Waals surface area contributed by atoms with Crippen LogP contribution in [0.25, 0.3) is 10.9 Å². The lowest BCUT2D eigenvalue weighted by Gasteiger charge is -2.23. The molecule has 0 spiro atoms. The van der Waals surface area contributed by atoms with Crippen molar-refractivity contribution in [3.05, 3.63) is 41.0 Å². The average molecular weight is 339 g/mol. The number of amides is 1. The highest BCUT2D eigenvalue weighted by atomic mass is 35.5.